The normalized spacial score (nSPS) is 20.6. The topological polar surface area (TPSA) is 76.3 Å². The van der Waals surface area contributed by atoms with Gasteiger partial charge in [-0.2, -0.15) is 4.31 Å². The van der Waals surface area contributed by atoms with Crippen molar-refractivity contribution in [3.8, 4) is 0 Å². The zero-order valence-electron chi connectivity index (χ0n) is 11.3. The molecule has 1 aliphatic heterocycles. The minimum Gasteiger partial charge on any atom is -0.326 e. The lowest BCUT2D eigenvalue weighted by Gasteiger charge is -2.18. The molecule has 6 heteroatoms. The number of nitrogens with two attached hydrogens (primary N) is 1. The summed E-state index contributed by atoms with van der Waals surface area (Å²) in [5.74, 6) is 0. The Morgan fingerprint density at radius 1 is 1.35 bits per heavy atom. The van der Waals surface area contributed by atoms with Crippen LogP contribution in [0.5, 0.6) is 0 Å². The summed E-state index contributed by atoms with van der Waals surface area (Å²) in [5.41, 5.74) is 6.69. The predicted octanol–water partition coefficient (Wildman–Crippen LogP) is 1.26. The molecule has 20 heavy (non-hydrogen) atoms. The fourth-order valence-corrected chi connectivity index (χ4v) is 4.50. The van der Waals surface area contributed by atoms with Crippen molar-refractivity contribution >= 4 is 20.8 Å². The molecule has 2 N–H and O–H groups in total. The van der Waals surface area contributed by atoms with Crippen LogP contribution in [0.3, 0.4) is 0 Å². The van der Waals surface area contributed by atoms with E-state index in [2.05, 4.69) is 4.98 Å². The van der Waals surface area contributed by atoms with Gasteiger partial charge in [-0.3, -0.25) is 4.98 Å². The first-order valence-electron chi connectivity index (χ1n) is 6.59. The molecular formula is C14H17N3O2S. The van der Waals surface area contributed by atoms with Gasteiger partial charge >= 0.3 is 0 Å². The Hall–Kier alpha value is -1.50. The second-order valence-corrected chi connectivity index (χ2v) is 7.13. The van der Waals surface area contributed by atoms with Crippen LogP contribution in [0.2, 0.25) is 0 Å². The lowest BCUT2D eigenvalue weighted by molar-refractivity contribution is 0.473. The monoisotopic (exact) mass is 291 g/mol. The first-order chi connectivity index (χ1) is 9.50. The van der Waals surface area contributed by atoms with E-state index in [1.807, 2.05) is 13.0 Å². The number of hydrogen-bond acceptors (Lipinski definition) is 4. The summed E-state index contributed by atoms with van der Waals surface area (Å²) in [6.45, 7) is 2.76. The number of pyridine rings is 1. The van der Waals surface area contributed by atoms with Crippen LogP contribution in [0.4, 0.5) is 0 Å². The molecule has 0 unspecified atom stereocenters. The van der Waals surface area contributed by atoms with Crippen molar-refractivity contribution in [3.63, 3.8) is 0 Å². The standard InChI is InChI=1S/C14H17N3O2S/c1-10-7-16-8-11-3-2-4-13(14(10)11)20(18,19)17-6-5-12(15)9-17/h2-4,7-8,12H,5-6,9,15H2,1H3/t12-/m0/s1. The summed E-state index contributed by atoms with van der Waals surface area (Å²) in [6.07, 6.45) is 4.10. The third-order valence-electron chi connectivity index (χ3n) is 3.74. The molecule has 2 heterocycles. The second kappa shape index (κ2) is 4.80. The fourth-order valence-electron chi connectivity index (χ4n) is 2.70. The quantitative estimate of drug-likeness (QED) is 0.904. The van der Waals surface area contributed by atoms with Gasteiger partial charge in [0.2, 0.25) is 10.0 Å². The predicted molar refractivity (Wildman–Crippen MR) is 77.8 cm³/mol. The van der Waals surface area contributed by atoms with Crippen LogP contribution in [0.25, 0.3) is 10.8 Å². The Labute approximate surface area is 118 Å². The smallest absolute Gasteiger partial charge is 0.243 e. The molecule has 0 spiro atoms. The molecule has 1 saturated heterocycles. The van der Waals surface area contributed by atoms with Crippen molar-refractivity contribution in [2.24, 2.45) is 5.73 Å². The third kappa shape index (κ3) is 2.09. The van der Waals surface area contributed by atoms with Crippen LogP contribution in [-0.4, -0.2) is 36.8 Å². The maximum atomic E-state index is 12.8. The van der Waals surface area contributed by atoms with Crippen molar-refractivity contribution in [1.82, 2.24) is 9.29 Å². The number of aromatic nitrogens is 1. The molecule has 0 aliphatic carbocycles. The number of aryl methyl sites for hydroxylation is 1. The molecule has 1 aromatic heterocycles. The average molecular weight is 291 g/mol. The van der Waals surface area contributed by atoms with Crippen LogP contribution in [-0.2, 0) is 10.0 Å². The van der Waals surface area contributed by atoms with Crippen molar-refractivity contribution < 1.29 is 8.42 Å². The number of hydrogen-bond donors (Lipinski definition) is 1. The Balaban J connectivity index is 2.19. The van der Waals surface area contributed by atoms with Gasteiger partial charge in [0.25, 0.3) is 0 Å². The van der Waals surface area contributed by atoms with Crippen LogP contribution < -0.4 is 5.73 Å². The van der Waals surface area contributed by atoms with Gasteiger partial charge in [-0.25, -0.2) is 8.42 Å². The van der Waals surface area contributed by atoms with Crippen molar-refractivity contribution in [2.75, 3.05) is 13.1 Å². The zero-order valence-corrected chi connectivity index (χ0v) is 12.1. The molecule has 0 radical (unpaired) electrons. The van der Waals surface area contributed by atoms with Gasteiger partial charge in [-0.05, 0) is 25.0 Å². The fraction of sp³-hybridized carbons (Fsp3) is 0.357. The summed E-state index contributed by atoms with van der Waals surface area (Å²) in [6, 6.07) is 5.23. The summed E-state index contributed by atoms with van der Waals surface area (Å²) < 4.78 is 27.1. The SMILES string of the molecule is Cc1cncc2cccc(S(=O)(=O)N3CC[C@H](N)C3)c12. The van der Waals surface area contributed by atoms with Crippen molar-refractivity contribution in [1.29, 1.82) is 0 Å². The van der Waals surface area contributed by atoms with Gasteiger partial charge in [0.15, 0.2) is 0 Å². The maximum Gasteiger partial charge on any atom is 0.243 e. The molecule has 1 fully saturated rings. The highest BCUT2D eigenvalue weighted by Gasteiger charge is 2.32. The molecule has 2 aromatic rings. The minimum atomic E-state index is -3.50. The minimum absolute atomic E-state index is 0.0671. The van der Waals surface area contributed by atoms with Crippen molar-refractivity contribution in [3.05, 3.63) is 36.2 Å². The highest BCUT2D eigenvalue weighted by atomic mass is 32.2. The van der Waals surface area contributed by atoms with E-state index < -0.39 is 10.0 Å². The van der Waals surface area contributed by atoms with Gasteiger partial charge in [0, 0.05) is 42.3 Å². The number of nitrogens with zero attached hydrogens (tertiary/aromatic N) is 2. The lowest BCUT2D eigenvalue weighted by atomic mass is 10.1. The summed E-state index contributed by atoms with van der Waals surface area (Å²) in [7, 11) is -3.50. The van der Waals surface area contributed by atoms with Crippen molar-refractivity contribution in [2.45, 2.75) is 24.3 Å². The van der Waals surface area contributed by atoms with E-state index in [4.69, 9.17) is 5.73 Å². The third-order valence-corrected chi connectivity index (χ3v) is 5.65. The molecule has 3 rings (SSSR count). The van der Waals surface area contributed by atoms with E-state index >= 15 is 0 Å². The van der Waals surface area contributed by atoms with Gasteiger partial charge in [0.1, 0.15) is 0 Å². The summed E-state index contributed by atoms with van der Waals surface area (Å²) in [5, 5.41) is 1.59. The molecule has 0 saturated carbocycles. The summed E-state index contributed by atoms with van der Waals surface area (Å²) in [4.78, 5) is 4.47. The number of sulfonamides is 1. The van der Waals surface area contributed by atoms with Gasteiger partial charge in [-0.15, -0.1) is 0 Å². The van der Waals surface area contributed by atoms with Gasteiger partial charge in [0.05, 0.1) is 4.90 Å². The average Bonchev–Trinajstić information content (AvgIpc) is 2.86. The Kier molecular flexibility index (Phi) is 3.24. The lowest BCUT2D eigenvalue weighted by Crippen LogP contribution is -2.32. The molecule has 1 aliphatic rings. The molecular weight excluding hydrogens is 274 g/mol. The van der Waals surface area contributed by atoms with Gasteiger partial charge in [-0.1, -0.05) is 12.1 Å². The number of fused-ring (bicyclic) bond motifs is 1. The van der Waals surface area contributed by atoms with Gasteiger partial charge < -0.3 is 5.73 Å². The van der Waals surface area contributed by atoms with E-state index in [-0.39, 0.29) is 6.04 Å². The zero-order chi connectivity index (χ0) is 14.3. The van der Waals surface area contributed by atoms with Crippen LogP contribution in [0.15, 0.2) is 35.5 Å². The second-order valence-electron chi connectivity index (χ2n) is 5.22. The molecule has 1 atom stereocenters. The van der Waals surface area contributed by atoms with Crippen LogP contribution >= 0.6 is 0 Å². The Morgan fingerprint density at radius 3 is 2.85 bits per heavy atom. The van der Waals surface area contributed by atoms with Crippen LogP contribution in [0, 0.1) is 6.92 Å². The summed E-state index contributed by atoms with van der Waals surface area (Å²) >= 11 is 0. The first kappa shape index (κ1) is 13.5. The van der Waals surface area contributed by atoms with E-state index in [0.29, 0.717) is 24.4 Å². The molecule has 106 valence electrons. The van der Waals surface area contributed by atoms with E-state index in [9.17, 15) is 8.42 Å². The number of benzene rings is 1. The molecule has 0 bridgehead atoms. The van der Waals surface area contributed by atoms with E-state index in [0.717, 1.165) is 16.3 Å². The molecule has 5 nitrogen and oxygen atoms in total. The first-order valence-corrected chi connectivity index (χ1v) is 8.03. The van der Waals surface area contributed by atoms with Crippen LogP contribution in [0.1, 0.15) is 12.0 Å². The number of rotatable bonds is 2. The molecule has 0 amide bonds. The van der Waals surface area contributed by atoms with E-state index in [1.54, 1.807) is 24.5 Å². The largest absolute Gasteiger partial charge is 0.326 e. The highest BCUT2D eigenvalue weighted by Crippen LogP contribution is 2.29. The Morgan fingerprint density at radius 2 is 2.15 bits per heavy atom. The highest BCUT2D eigenvalue weighted by molar-refractivity contribution is 7.89. The maximum absolute atomic E-state index is 12.8. The molecule has 1 aromatic carbocycles. The van der Waals surface area contributed by atoms with E-state index in [1.165, 1.54) is 4.31 Å². The Bertz CT molecular complexity index is 753.